The molecule has 0 aliphatic rings. The van der Waals surface area contributed by atoms with E-state index in [-0.39, 0.29) is 43.0 Å². The predicted octanol–water partition coefficient (Wildman–Crippen LogP) is 3.01. The summed E-state index contributed by atoms with van der Waals surface area (Å²) in [4.78, 5) is 23.9. The van der Waals surface area contributed by atoms with Gasteiger partial charge < -0.3 is 10.6 Å². The van der Waals surface area contributed by atoms with Crippen molar-refractivity contribution >= 4 is 45.5 Å². The first-order valence-electron chi connectivity index (χ1n) is 7.05. The number of carbonyl (C=O) groups excluding carboxylic acids is 2. The van der Waals surface area contributed by atoms with E-state index in [4.69, 9.17) is 0 Å². The lowest BCUT2D eigenvalue weighted by molar-refractivity contribution is -0.121. The van der Waals surface area contributed by atoms with Crippen molar-refractivity contribution < 1.29 is 9.59 Å². The van der Waals surface area contributed by atoms with Gasteiger partial charge in [-0.1, -0.05) is 18.2 Å². The molecule has 120 valence electrons. The fourth-order valence-corrected chi connectivity index (χ4v) is 2.98. The molecule has 1 unspecified atom stereocenters. The molecular weight excluding hydrogens is 320 g/mol. The molecule has 0 aliphatic carbocycles. The second kappa shape index (κ2) is 8.88. The largest absolute Gasteiger partial charge is 0.355 e. The van der Waals surface area contributed by atoms with Crippen molar-refractivity contribution in [2.24, 2.45) is 0 Å². The Labute approximate surface area is 140 Å². The van der Waals surface area contributed by atoms with E-state index in [0.717, 1.165) is 15.6 Å². The fraction of sp³-hybridized carbons (Fsp3) is 0.375. The lowest BCUT2D eigenvalue weighted by Gasteiger charge is -2.11. The summed E-state index contributed by atoms with van der Waals surface area (Å²) in [6.07, 6.45) is 0.486. The zero-order chi connectivity index (χ0) is 15.2. The highest BCUT2D eigenvalue weighted by Gasteiger charge is 2.13. The lowest BCUT2D eigenvalue weighted by Crippen LogP contribution is -2.37. The van der Waals surface area contributed by atoms with Gasteiger partial charge in [0.05, 0.1) is 0 Å². The van der Waals surface area contributed by atoms with E-state index in [1.165, 1.54) is 0 Å². The second-order valence-electron chi connectivity index (χ2n) is 5.06. The highest BCUT2D eigenvalue weighted by Crippen LogP contribution is 2.26. The van der Waals surface area contributed by atoms with Crippen LogP contribution in [0.25, 0.3) is 10.1 Å². The van der Waals surface area contributed by atoms with Crippen molar-refractivity contribution in [1.82, 2.24) is 10.6 Å². The Balaban J connectivity index is 0.00000242. The number of rotatable bonds is 7. The van der Waals surface area contributed by atoms with Crippen molar-refractivity contribution in [3.63, 3.8) is 0 Å². The van der Waals surface area contributed by atoms with Gasteiger partial charge in [-0.05, 0) is 20.0 Å². The minimum atomic E-state index is -0.0787. The van der Waals surface area contributed by atoms with Crippen LogP contribution in [0.1, 0.15) is 30.1 Å². The quantitative estimate of drug-likeness (QED) is 0.762. The van der Waals surface area contributed by atoms with E-state index < -0.39 is 0 Å². The first-order valence-corrected chi connectivity index (χ1v) is 7.93. The van der Waals surface area contributed by atoms with Crippen molar-refractivity contribution in [2.75, 3.05) is 13.6 Å². The first kappa shape index (κ1) is 18.6. The maximum absolute atomic E-state index is 12.2. The number of halogens is 1. The monoisotopic (exact) mass is 340 g/mol. The second-order valence-corrected chi connectivity index (χ2v) is 5.97. The SMILES string of the molecule is CNC(C)CNC(=O)CCC(=O)c1csc2ccccc12.Cl. The van der Waals surface area contributed by atoms with Crippen LogP contribution >= 0.6 is 23.7 Å². The topological polar surface area (TPSA) is 58.2 Å². The summed E-state index contributed by atoms with van der Waals surface area (Å²) in [7, 11) is 1.85. The Morgan fingerprint density at radius 3 is 2.68 bits per heavy atom. The Bertz CT molecular complexity index is 642. The number of hydrogen-bond donors (Lipinski definition) is 2. The average Bonchev–Trinajstić information content (AvgIpc) is 2.94. The van der Waals surface area contributed by atoms with Crippen LogP contribution in [0.5, 0.6) is 0 Å². The van der Waals surface area contributed by atoms with Gasteiger partial charge in [0, 0.05) is 46.5 Å². The molecule has 1 amide bonds. The van der Waals surface area contributed by atoms with Crippen molar-refractivity contribution in [2.45, 2.75) is 25.8 Å². The fourth-order valence-electron chi connectivity index (χ4n) is 2.01. The van der Waals surface area contributed by atoms with Crippen LogP contribution < -0.4 is 10.6 Å². The number of carbonyl (C=O) groups is 2. The average molecular weight is 341 g/mol. The van der Waals surface area contributed by atoms with Crippen LogP contribution in [0, 0.1) is 0 Å². The standard InChI is InChI=1S/C16H20N2O2S.ClH/c1-11(17-2)9-18-16(20)8-7-14(19)13-10-21-15-6-4-3-5-12(13)15;/h3-6,10-11,17H,7-9H2,1-2H3,(H,18,20);1H. The van der Waals surface area contributed by atoms with Gasteiger partial charge in [0.2, 0.25) is 5.91 Å². The minimum absolute atomic E-state index is 0. The summed E-state index contributed by atoms with van der Waals surface area (Å²) in [5.74, 6) is -0.0470. The number of Topliss-reactive ketones (excluding diaryl/α,β-unsaturated/α-hetero) is 1. The minimum Gasteiger partial charge on any atom is -0.355 e. The highest BCUT2D eigenvalue weighted by molar-refractivity contribution is 7.17. The molecule has 2 N–H and O–H groups in total. The van der Waals surface area contributed by atoms with Crippen LogP contribution in [0.2, 0.25) is 0 Å². The third-order valence-electron chi connectivity index (χ3n) is 3.46. The number of nitrogens with one attached hydrogen (secondary N) is 2. The summed E-state index contributed by atoms with van der Waals surface area (Å²) in [5, 5.41) is 8.73. The molecule has 2 aromatic rings. The third-order valence-corrected chi connectivity index (χ3v) is 4.42. The van der Waals surface area contributed by atoms with Crippen LogP contribution in [0.3, 0.4) is 0 Å². The van der Waals surface area contributed by atoms with Gasteiger partial charge in [0.1, 0.15) is 0 Å². The molecule has 1 aromatic carbocycles. The molecular formula is C16H21ClN2O2S. The van der Waals surface area contributed by atoms with Gasteiger partial charge in [-0.25, -0.2) is 0 Å². The van der Waals surface area contributed by atoms with Crippen LogP contribution in [-0.2, 0) is 4.79 Å². The zero-order valence-corrected chi connectivity index (χ0v) is 14.4. The summed E-state index contributed by atoms with van der Waals surface area (Å²) in [6.45, 7) is 2.56. The highest BCUT2D eigenvalue weighted by atomic mass is 35.5. The number of likely N-dealkylation sites (N-methyl/N-ethyl adjacent to an activating group) is 1. The van der Waals surface area contributed by atoms with Gasteiger partial charge in [0.25, 0.3) is 0 Å². The molecule has 0 fully saturated rings. The Morgan fingerprint density at radius 2 is 1.95 bits per heavy atom. The van der Waals surface area contributed by atoms with Gasteiger partial charge >= 0.3 is 0 Å². The number of thiophene rings is 1. The maximum atomic E-state index is 12.2. The molecule has 0 saturated heterocycles. The molecule has 4 nitrogen and oxygen atoms in total. The predicted molar refractivity (Wildman–Crippen MR) is 94.2 cm³/mol. The molecule has 0 radical (unpaired) electrons. The Morgan fingerprint density at radius 1 is 1.23 bits per heavy atom. The Hall–Kier alpha value is -1.43. The van der Waals surface area contributed by atoms with E-state index in [0.29, 0.717) is 6.54 Å². The smallest absolute Gasteiger partial charge is 0.220 e. The van der Waals surface area contributed by atoms with Gasteiger partial charge in [-0.3, -0.25) is 9.59 Å². The number of hydrogen-bond acceptors (Lipinski definition) is 4. The van der Waals surface area contributed by atoms with Gasteiger partial charge in [-0.15, -0.1) is 23.7 Å². The van der Waals surface area contributed by atoms with Crippen LogP contribution in [0.4, 0.5) is 0 Å². The molecule has 0 spiro atoms. The van der Waals surface area contributed by atoms with E-state index in [1.807, 2.05) is 43.6 Å². The van der Waals surface area contributed by atoms with Crippen LogP contribution in [0.15, 0.2) is 29.6 Å². The molecule has 2 rings (SSSR count). The molecule has 22 heavy (non-hydrogen) atoms. The number of ketones is 1. The van der Waals surface area contributed by atoms with Crippen molar-refractivity contribution in [3.8, 4) is 0 Å². The van der Waals surface area contributed by atoms with Gasteiger partial charge in [0.15, 0.2) is 5.78 Å². The molecule has 0 bridgehead atoms. The molecule has 0 saturated carbocycles. The number of fused-ring (bicyclic) bond motifs is 1. The normalized spacial score (nSPS) is 11.7. The molecule has 6 heteroatoms. The van der Waals surface area contributed by atoms with E-state index in [2.05, 4.69) is 10.6 Å². The zero-order valence-electron chi connectivity index (χ0n) is 12.7. The van der Waals surface area contributed by atoms with Crippen molar-refractivity contribution in [3.05, 3.63) is 35.2 Å². The molecule has 1 heterocycles. The van der Waals surface area contributed by atoms with Crippen LogP contribution in [-0.4, -0.2) is 31.3 Å². The van der Waals surface area contributed by atoms with Crippen molar-refractivity contribution in [1.29, 1.82) is 0 Å². The Kier molecular flexibility index (Phi) is 7.51. The molecule has 0 aliphatic heterocycles. The van der Waals surface area contributed by atoms with E-state index >= 15 is 0 Å². The maximum Gasteiger partial charge on any atom is 0.220 e. The summed E-state index contributed by atoms with van der Waals surface area (Å²) in [5.41, 5.74) is 0.729. The number of amides is 1. The third kappa shape index (κ3) is 4.80. The molecule has 1 aromatic heterocycles. The summed E-state index contributed by atoms with van der Waals surface area (Å²) >= 11 is 1.56. The summed E-state index contributed by atoms with van der Waals surface area (Å²) in [6, 6.07) is 8.07. The lowest BCUT2D eigenvalue weighted by atomic mass is 10.1. The van der Waals surface area contributed by atoms with E-state index in [1.54, 1.807) is 11.3 Å². The van der Waals surface area contributed by atoms with Gasteiger partial charge in [-0.2, -0.15) is 0 Å². The summed E-state index contributed by atoms with van der Waals surface area (Å²) < 4.78 is 1.10. The van der Waals surface area contributed by atoms with E-state index in [9.17, 15) is 9.59 Å². The first-order chi connectivity index (χ1) is 10.1. The number of benzene rings is 1. The molecule has 1 atom stereocenters.